The largest absolute Gasteiger partial charge is 0.0616 e. The summed E-state index contributed by atoms with van der Waals surface area (Å²) in [6.45, 7) is 0. The Morgan fingerprint density at radius 2 is 0.524 bits per heavy atom. The molecule has 0 aliphatic rings. The van der Waals surface area contributed by atoms with Crippen LogP contribution in [0.3, 0.4) is 0 Å². The Morgan fingerprint density at radius 3 is 1.07 bits per heavy atom. The zero-order valence-corrected chi connectivity index (χ0v) is 23.0. The molecular formula is C42H26. The molecule has 0 amide bonds. The zero-order chi connectivity index (χ0) is 27.6. The van der Waals surface area contributed by atoms with Gasteiger partial charge in [0.25, 0.3) is 0 Å². The highest BCUT2D eigenvalue weighted by atomic mass is 14.1. The van der Waals surface area contributed by atoms with Gasteiger partial charge in [0.15, 0.2) is 0 Å². The molecule has 0 unspecified atom stereocenters. The summed E-state index contributed by atoms with van der Waals surface area (Å²) in [6.07, 6.45) is 0. The van der Waals surface area contributed by atoms with Gasteiger partial charge in [-0.3, -0.25) is 0 Å². The summed E-state index contributed by atoms with van der Waals surface area (Å²) in [7, 11) is 0. The molecule has 9 rings (SSSR count). The van der Waals surface area contributed by atoms with E-state index in [1.165, 1.54) is 86.9 Å². The van der Waals surface area contributed by atoms with Crippen molar-refractivity contribution in [1.29, 1.82) is 0 Å². The van der Waals surface area contributed by atoms with Crippen molar-refractivity contribution in [3.8, 4) is 22.3 Å². The Hall–Kier alpha value is -5.46. The molecule has 0 atom stereocenters. The second kappa shape index (κ2) is 9.03. The highest BCUT2D eigenvalue weighted by Crippen LogP contribution is 2.36. The number of benzene rings is 9. The van der Waals surface area contributed by atoms with Gasteiger partial charge in [0.1, 0.15) is 0 Å². The van der Waals surface area contributed by atoms with E-state index in [9.17, 15) is 0 Å². The van der Waals surface area contributed by atoms with Crippen molar-refractivity contribution in [2.24, 2.45) is 0 Å². The van der Waals surface area contributed by atoms with Gasteiger partial charge in [0.05, 0.1) is 0 Å². The summed E-state index contributed by atoms with van der Waals surface area (Å²) in [5.41, 5.74) is 4.98. The van der Waals surface area contributed by atoms with E-state index in [1.807, 2.05) is 0 Å². The first-order valence-corrected chi connectivity index (χ1v) is 14.6. The van der Waals surface area contributed by atoms with Gasteiger partial charge in [-0.1, -0.05) is 133 Å². The average Bonchev–Trinajstić information content (AvgIpc) is 3.07. The summed E-state index contributed by atoms with van der Waals surface area (Å²) < 4.78 is 0. The number of fused-ring (bicyclic) bond motifs is 9. The summed E-state index contributed by atoms with van der Waals surface area (Å²) in [5.74, 6) is 0. The molecule has 0 heteroatoms. The Morgan fingerprint density at radius 1 is 0.190 bits per heavy atom. The number of rotatable bonds is 2. The van der Waals surface area contributed by atoms with Crippen molar-refractivity contribution in [1.82, 2.24) is 0 Å². The summed E-state index contributed by atoms with van der Waals surface area (Å²) in [6, 6.07) is 58.2. The van der Waals surface area contributed by atoms with Crippen LogP contribution in [0, 0.1) is 0 Å². The smallest absolute Gasteiger partial charge is 0.00987 e. The summed E-state index contributed by atoms with van der Waals surface area (Å²) >= 11 is 0. The fraction of sp³-hybridized carbons (Fsp3) is 0. The van der Waals surface area contributed by atoms with Crippen LogP contribution in [0.25, 0.3) is 86.9 Å². The predicted molar refractivity (Wildman–Crippen MR) is 182 cm³/mol. The molecule has 0 aliphatic heterocycles. The third-order valence-electron chi connectivity index (χ3n) is 9.00. The van der Waals surface area contributed by atoms with Crippen LogP contribution in [-0.4, -0.2) is 0 Å². The molecule has 0 saturated heterocycles. The van der Waals surface area contributed by atoms with Crippen molar-refractivity contribution in [3.63, 3.8) is 0 Å². The lowest BCUT2D eigenvalue weighted by molar-refractivity contribution is 1.66. The van der Waals surface area contributed by atoms with Gasteiger partial charge in [-0.05, 0) is 111 Å². The van der Waals surface area contributed by atoms with Crippen LogP contribution in [0.1, 0.15) is 0 Å². The van der Waals surface area contributed by atoms with Gasteiger partial charge in [-0.15, -0.1) is 0 Å². The Kier molecular flexibility index (Phi) is 5.00. The molecule has 0 fully saturated rings. The van der Waals surface area contributed by atoms with Gasteiger partial charge in [0.2, 0.25) is 0 Å². The first kappa shape index (κ1) is 23.3. The number of hydrogen-bond acceptors (Lipinski definition) is 0. The molecular weight excluding hydrogens is 504 g/mol. The van der Waals surface area contributed by atoms with E-state index in [0.717, 1.165) is 0 Å². The van der Waals surface area contributed by atoms with Gasteiger partial charge < -0.3 is 0 Å². The van der Waals surface area contributed by atoms with E-state index in [4.69, 9.17) is 0 Å². The SMILES string of the molecule is c1ccc2c(c1)ccc1ccc(-c3ccc4cc(-c5ccc6ccc7c8ccccc8ccc7c6c5)ccc4c3)cc12. The quantitative estimate of drug-likeness (QED) is 0.195. The van der Waals surface area contributed by atoms with E-state index in [-0.39, 0.29) is 0 Å². The molecule has 9 aromatic carbocycles. The molecule has 0 heterocycles. The minimum absolute atomic E-state index is 1.24. The monoisotopic (exact) mass is 530 g/mol. The topological polar surface area (TPSA) is 0 Å². The van der Waals surface area contributed by atoms with E-state index in [0.29, 0.717) is 0 Å². The van der Waals surface area contributed by atoms with Gasteiger partial charge in [-0.2, -0.15) is 0 Å². The molecule has 0 saturated carbocycles. The maximum atomic E-state index is 2.36. The average molecular weight is 531 g/mol. The maximum absolute atomic E-state index is 2.36. The third-order valence-corrected chi connectivity index (χ3v) is 9.00. The highest BCUT2D eigenvalue weighted by molar-refractivity contribution is 6.18. The standard InChI is InChI=1S/C42H26/c1-3-7-37-28(6-1)19-22-40-39(37)21-20-30-12-14-36(26-42(30)40)34-18-16-31-23-33(17-15-32(31)24-34)35-13-11-29-10-9-27-5-2-4-8-38(27)41(29)25-35/h1-26H. The summed E-state index contributed by atoms with van der Waals surface area (Å²) in [4.78, 5) is 0. The number of hydrogen-bond donors (Lipinski definition) is 0. The van der Waals surface area contributed by atoms with E-state index < -0.39 is 0 Å². The van der Waals surface area contributed by atoms with Crippen LogP contribution in [-0.2, 0) is 0 Å². The van der Waals surface area contributed by atoms with Crippen molar-refractivity contribution in [2.75, 3.05) is 0 Å². The lowest BCUT2D eigenvalue weighted by Gasteiger charge is -2.11. The summed E-state index contributed by atoms with van der Waals surface area (Å²) in [5, 5.41) is 15.5. The van der Waals surface area contributed by atoms with Crippen LogP contribution < -0.4 is 0 Å². The van der Waals surface area contributed by atoms with E-state index in [2.05, 4.69) is 158 Å². The minimum atomic E-state index is 1.24. The van der Waals surface area contributed by atoms with E-state index in [1.54, 1.807) is 0 Å². The van der Waals surface area contributed by atoms with Crippen LogP contribution >= 0.6 is 0 Å². The second-order valence-corrected chi connectivity index (χ2v) is 11.4. The molecule has 0 aliphatic carbocycles. The Labute approximate surface area is 244 Å². The van der Waals surface area contributed by atoms with Crippen LogP contribution in [0.2, 0.25) is 0 Å². The van der Waals surface area contributed by atoms with Crippen molar-refractivity contribution < 1.29 is 0 Å². The fourth-order valence-electron chi connectivity index (χ4n) is 6.78. The zero-order valence-electron chi connectivity index (χ0n) is 23.0. The third kappa shape index (κ3) is 3.62. The van der Waals surface area contributed by atoms with Crippen molar-refractivity contribution in [2.45, 2.75) is 0 Å². The predicted octanol–water partition coefficient (Wildman–Crippen LogP) is 11.9. The Bertz CT molecular complexity index is 2510. The van der Waals surface area contributed by atoms with Crippen molar-refractivity contribution >= 4 is 64.6 Å². The Balaban J connectivity index is 1.14. The normalized spacial score (nSPS) is 11.8. The lowest BCUT2D eigenvalue weighted by atomic mass is 9.93. The minimum Gasteiger partial charge on any atom is -0.0616 e. The fourth-order valence-corrected chi connectivity index (χ4v) is 6.78. The first-order chi connectivity index (χ1) is 20.8. The second-order valence-electron chi connectivity index (χ2n) is 11.4. The molecule has 9 aromatic rings. The van der Waals surface area contributed by atoms with Gasteiger partial charge in [0, 0.05) is 0 Å². The van der Waals surface area contributed by atoms with Crippen LogP contribution in [0.5, 0.6) is 0 Å². The van der Waals surface area contributed by atoms with Gasteiger partial charge >= 0.3 is 0 Å². The van der Waals surface area contributed by atoms with Gasteiger partial charge in [-0.25, -0.2) is 0 Å². The molecule has 0 radical (unpaired) electrons. The van der Waals surface area contributed by atoms with Crippen LogP contribution in [0.15, 0.2) is 158 Å². The molecule has 194 valence electrons. The molecule has 0 N–H and O–H groups in total. The first-order valence-electron chi connectivity index (χ1n) is 14.6. The molecule has 0 bridgehead atoms. The van der Waals surface area contributed by atoms with E-state index >= 15 is 0 Å². The highest BCUT2D eigenvalue weighted by Gasteiger charge is 2.09. The molecule has 42 heavy (non-hydrogen) atoms. The molecule has 0 aromatic heterocycles. The van der Waals surface area contributed by atoms with Crippen LogP contribution in [0.4, 0.5) is 0 Å². The lowest BCUT2D eigenvalue weighted by Crippen LogP contribution is -1.85. The molecule has 0 spiro atoms. The maximum Gasteiger partial charge on any atom is -0.00987 e. The van der Waals surface area contributed by atoms with Crippen molar-refractivity contribution in [3.05, 3.63) is 158 Å². The molecule has 0 nitrogen and oxygen atoms in total.